The fraction of sp³-hybridized carbons (Fsp3) is 0.867. The van der Waals surface area contributed by atoms with E-state index in [1.165, 1.54) is 6.42 Å². The van der Waals surface area contributed by atoms with Gasteiger partial charge in [0.05, 0.1) is 24.4 Å². The zero-order chi connectivity index (χ0) is 13.0. The Morgan fingerprint density at radius 3 is 1.74 bits per heavy atom. The third kappa shape index (κ3) is 1.97. The lowest BCUT2D eigenvalue weighted by Crippen LogP contribution is -2.30. The highest BCUT2D eigenvalue weighted by molar-refractivity contribution is 5.20. The maximum Gasteiger partial charge on any atom is 0.0880 e. The summed E-state index contributed by atoms with van der Waals surface area (Å²) in [5.41, 5.74) is 0. The Kier molecular flexibility index (Phi) is 2.95. The topological polar surface area (TPSA) is 65.5 Å². The van der Waals surface area contributed by atoms with Gasteiger partial charge in [-0.2, -0.15) is 0 Å². The minimum Gasteiger partial charge on any atom is -0.396 e. The van der Waals surface area contributed by atoms with Gasteiger partial charge in [0.25, 0.3) is 0 Å². The van der Waals surface area contributed by atoms with Gasteiger partial charge in [-0.15, -0.1) is 0 Å². The first kappa shape index (κ1) is 12.3. The first-order valence-corrected chi connectivity index (χ1v) is 7.54. The molecule has 1 saturated carbocycles. The Morgan fingerprint density at radius 2 is 1.32 bits per heavy atom. The average molecular weight is 266 g/mol. The van der Waals surface area contributed by atoms with E-state index in [4.69, 9.17) is 19.7 Å². The highest BCUT2D eigenvalue weighted by Gasteiger charge is 2.62. The molecule has 2 aliphatic carbocycles. The molecule has 0 aromatic rings. The van der Waals surface area contributed by atoms with Gasteiger partial charge in [0.15, 0.2) is 0 Å². The van der Waals surface area contributed by atoms with E-state index in [9.17, 15) is 0 Å². The smallest absolute Gasteiger partial charge is 0.0880 e. The number of rotatable bonds is 6. The molecule has 106 valence electrons. The molecule has 4 nitrogen and oxygen atoms in total. The van der Waals surface area contributed by atoms with Crippen LogP contribution in [0.15, 0.2) is 12.2 Å². The Bertz CT molecular complexity index is 348. The number of fused-ring (bicyclic) bond motifs is 2. The number of allylic oxidation sites excluding steroid dienone is 2. The Hall–Kier alpha value is -0.420. The SMILES string of the molecule is OCC[C@H]1O[C@H]1[C@@H]1[C@H]([C@@H]2O[C@@H]2CCO)[C@H]2C=C[C@@H]1C2. The Labute approximate surface area is 113 Å². The normalized spacial score (nSPS) is 53.8. The number of ether oxygens (including phenoxy) is 2. The molecule has 3 fully saturated rings. The van der Waals surface area contributed by atoms with Crippen LogP contribution >= 0.6 is 0 Å². The monoisotopic (exact) mass is 266 g/mol. The Balaban J connectivity index is 1.46. The molecule has 0 amide bonds. The van der Waals surface area contributed by atoms with E-state index in [0.29, 0.717) is 35.9 Å². The van der Waals surface area contributed by atoms with Crippen LogP contribution in [-0.2, 0) is 9.47 Å². The van der Waals surface area contributed by atoms with Crippen LogP contribution in [0.2, 0.25) is 0 Å². The van der Waals surface area contributed by atoms with E-state index in [0.717, 1.165) is 12.8 Å². The third-order valence-corrected chi connectivity index (χ3v) is 5.41. The minimum atomic E-state index is 0.218. The number of aliphatic hydroxyl groups is 2. The average Bonchev–Trinajstić information content (AvgIpc) is 3.26. The summed E-state index contributed by atoms with van der Waals surface area (Å²) in [6.07, 6.45) is 8.67. The summed E-state index contributed by atoms with van der Waals surface area (Å²) in [5, 5.41) is 18.0. The van der Waals surface area contributed by atoms with Gasteiger partial charge in [0, 0.05) is 13.2 Å². The van der Waals surface area contributed by atoms with Crippen molar-refractivity contribution in [1.29, 1.82) is 0 Å². The van der Waals surface area contributed by atoms with Gasteiger partial charge in [-0.1, -0.05) is 12.2 Å². The van der Waals surface area contributed by atoms with Crippen LogP contribution in [0.1, 0.15) is 19.3 Å². The van der Waals surface area contributed by atoms with Gasteiger partial charge in [-0.3, -0.25) is 0 Å². The van der Waals surface area contributed by atoms with Crippen LogP contribution in [0.25, 0.3) is 0 Å². The zero-order valence-electron chi connectivity index (χ0n) is 11.0. The van der Waals surface area contributed by atoms with E-state index >= 15 is 0 Å². The van der Waals surface area contributed by atoms with Crippen LogP contribution < -0.4 is 0 Å². The maximum absolute atomic E-state index is 9.02. The molecular formula is C15H22O4. The van der Waals surface area contributed by atoms with Crippen LogP contribution in [0.4, 0.5) is 0 Å². The summed E-state index contributed by atoms with van der Waals surface area (Å²) in [7, 11) is 0. The van der Waals surface area contributed by atoms with Gasteiger partial charge in [0.2, 0.25) is 0 Å². The molecule has 4 heteroatoms. The number of aliphatic hydroxyl groups excluding tert-OH is 2. The lowest BCUT2D eigenvalue weighted by atomic mass is 9.77. The molecule has 8 atom stereocenters. The molecule has 0 unspecified atom stereocenters. The standard InChI is InChI=1S/C15H22O4/c16-5-3-10-14(18-10)12-8-1-2-9(7-8)13(12)15-11(19-15)4-6-17/h1-2,8-17H,3-7H2/t8-,9+,10-,11-,12+,13-,14-,15-/m1/s1. The van der Waals surface area contributed by atoms with Crippen molar-refractivity contribution in [3.63, 3.8) is 0 Å². The predicted molar refractivity (Wildman–Crippen MR) is 68.4 cm³/mol. The summed E-state index contributed by atoms with van der Waals surface area (Å²) in [4.78, 5) is 0. The fourth-order valence-corrected chi connectivity index (χ4v) is 4.53. The first-order chi connectivity index (χ1) is 9.33. The maximum atomic E-state index is 9.02. The second-order valence-electron chi connectivity index (χ2n) is 6.41. The lowest BCUT2D eigenvalue weighted by molar-refractivity contribution is 0.188. The second-order valence-corrected chi connectivity index (χ2v) is 6.41. The van der Waals surface area contributed by atoms with Crippen molar-refractivity contribution in [3.05, 3.63) is 12.2 Å². The minimum absolute atomic E-state index is 0.218. The molecule has 2 bridgehead atoms. The predicted octanol–water partition coefficient (Wildman–Crippen LogP) is 0.724. The highest BCUT2D eigenvalue weighted by Crippen LogP contribution is 2.58. The van der Waals surface area contributed by atoms with Crippen LogP contribution in [-0.4, -0.2) is 47.8 Å². The molecule has 0 aromatic heterocycles. The molecule has 4 aliphatic rings. The van der Waals surface area contributed by atoms with Crippen molar-refractivity contribution in [2.75, 3.05) is 13.2 Å². The molecule has 4 rings (SSSR count). The summed E-state index contributed by atoms with van der Waals surface area (Å²) in [6.45, 7) is 0.436. The van der Waals surface area contributed by atoms with Crippen molar-refractivity contribution in [2.24, 2.45) is 23.7 Å². The van der Waals surface area contributed by atoms with E-state index in [1.807, 2.05) is 0 Å². The van der Waals surface area contributed by atoms with E-state index in [2.05, 4.69) is 12.2 Å². The van der Waals surface area contributed by atoms with Gasteiger partial charge in [-0.25, -0.2) is 0 Å². The molecular weight excluding hydrogens is 244 g/mol. The van der Waals surface area contributed by atoms with E-state index in [-0.39, 0.29) is 25.4 Å². The van der Waals surface area contributed by atoms with Crippen molar-refractivity contribution in [2.45, 2.75) is 43.7 Å². The van der Waals surface area contributed by atoms with Gasteiger partial charge >= 0.3 is 0 Å². The van der Waals surface area contributed by atoms with Gasteiger partial charge in [0.1, 0.15) is 0 Å². The van der Waals surface area contributed by atoms with Gasteiger partial charge < -0.3 is 19.7 Å². The highest BCUT2D eigenvalue weighted by atomic mass is 16.6. The molecule has 2 N–H and O–H groups in total. The fourth-order valence-electron chi connectivity index (χ4n) is 4.53. The zero-order valence-corrected chi connectivity index (χ0v) is 11.0. The Morgan fingerprint density at radius 1 is 0.842 bits per heavy atom. The summed E-state index contributed by atoms with van der Waals surface area (Å²) in [5.74, 6) is 2.42. The molecule has 2 saturated heterocycles. The quantitative estimate of drug-likeness (QED) is 0.549. The van der Waals surface area contributed by atoms with Gasteiger partial charge in [-0.05, 0) is 42.9 Å². The van der Waals surface area contributed by atoms with Crippen molar-refractivity contribution in [1.82, 2.24) is 0 Å². The summed E-state index contributed by atoms with van der Waals surface area (Å²) in [6, 6.07) is 0. The first-order valence-electron chi connectivity index (χ1n) is 7.54. The van der Waals surface area contributed by atoms with E-state index in [1.54, 1.807) is 0 Å². The number of hydrogen-bond donors (Lipinski definition) is 2. The van der Waals surface area contributed by atoms with E-state index < -0.39 is 0 Å². The van der Waals surface area contributed by atoms with Crippen LogP contribution in [0, 0.1) is 23.7 Å². The third-order valence-electron chi connectivity index (χ3n) is 5.41. The summed E-state index contributed by atoms with van der Waals surface area (Å²) >= 11 is 0. The molecule has 0 radical (unpaired) electrons. The van der Waals surface area contributed by atoms with Crippen molar-refractivity contribution in [3.8, 4) is 0 Å². The lowest BCUT2D eigenvalue weighted by Gasteiger charge is -2.25. The molecule has 2 heterocycles. The second kappa shape index (κ2) is 4.55. The molecule has 0 aromatic carbocycles. The van der Waals surface area contributed by atoms with Crippen LogP contribution in [0.5, 0.6) is 0 Å². The molecule has 19 heavy (non-hydrogen) atoms. The molecule has 2 aliphatic heterocycles. The summed E-state index contributed by atoms with van der Waals surface area (Å²) < 4.78 is 11.6. The number of epoxide rings is 2. The van der Waals surface area contributed by atoms with Crippen molar-refractivity contribution < 1.29 is 19.7 Å². The molecule has 0 spiro atoms. The van der Waals surface area contributed by atoms with Crippen molar-refractivity contribution >= 4 is 0 Å². The largest absolute Gasteiger partial charge is 0.396 e. The van der Waals surface area contributed by atoms with Crippen LogP contribution in [0.3, 0.4) is 0 Å². The number of hydrogen-bond acceptors (Lipinski definition) is 4.